The number of methoxy groups -OCH3 is 1. The Labute approximate surface area is 251 Å². The molecule has 0 spiro atoms. The predicted molar refractivity (Wildman–Crippen MR) is 154 cm³/mol. The van der Waals surface area contributed by atoms with Gasteiger partial charge in [0.2, 0.25) is 0 Å². The minimum Gasteiger partial charge on any atom is -0.382 e. The third-order valence-corrected chi connectivity index (χ3v) is 6.51. The molecule has 0 aromatic heterocycles. The molecule has 42 heavy (non-hydrogen) atoms. The van der Waals surface area contributed by atoms with Crippen molar-refractivity contribution in [1.82, 2.24) is 0 Å². The highest BCUT2D eigenvalue weighted by atomic mass is 32.2. The van der Waals surface area contributed by atoms with E-state index in [9.17, 15) is 8.42 Å². The molecular formula is C28H50O13S. The van der Waals surface area contributed by atoms with Crippen LogP contribution in [-0.4, -0.2) is 148 Å². The van der Waals surface area contributed by atoms with Crippen molar-refractivity contribution in [3.05, 3.63) is 29.8 Å². The molecule has 0 bridgehead atoms. The first-order valence-electron chi connectivity index (χ1n) is 14.2. The average molecular weight is 627 g/mol. The molecule has 1 aromatic rings. The smallest absolute Gasteiger partial charge is 0.297 e. The summed E-state index contributed by atoms with van der Waals surface area (Å²) in [4.78, 5) is 0.129. The van der Waals surface area contributed by atoms with Crippen molar-refractivity contribution in [2.45, 2.75) is 11.8 Å². The zero-order chi connectivity index (χ0) is 30.4. The Morgan fingerprint density at radius 1 is 0.429 bits per heavy atom. The lowest BCUT2D eigenvalue weighted by atomic mass is 10.2. The molecule has 246 valence electrons. The van der Waals surface area contributed by atoms with Gasteiger partial charge in [0.05, 0.1) is 137 Å². The van der Waals surface area contributed by atoms with Gasteiger partial charge in [0.1, 0.15) is 0 Å². The number of rotatable bonds is 32. The SMILES string of the molecule is COCCOCCOCCOCCOCCOCCOCCOCCOCCOCCOS(=O)(=O)c1ccc(C)cc1. The first-order valence-corrected chi connectivity index (χ1v) is 15.6. The van der Waals surface area contributed by atoms with Crippen LogP contribution in [0, 0.1) is 6.92 Å². The monoisotopic (exact) mass is 626 g/mol. The van der Waals surface area contributed by atoms with Gasteiger partial charge < -0.3 is 47.4 Å². The van der Waals surface area contributed by atoms with Crippen molar-refractivity contribution < 1.29 is 60.0 Å². The topological polar surface area (TPSA) is 136 Å². The maximum absolute atomic E-state index is 12.1. The maximum Gasteiger partial charge on any atom is 0.297 e. The van der Waals surface area contributed by atoms with Crippen LogP contribution in [0.25, 0.3) is 0 Å². The number of aryl methyl sites for hydroxylation is 1. The number of hydrogen-bond acceptors (Lipinski definition) is 13. The maximum atomic E-state index is 12.1. The third kappa shape index (κ3) is 24.2. The van der Waals surface area contributed by atoms with Crippen LogP contribution in [0.3, 0.4) is 0 Å². The summed E-state index contributed by atoms with van der Waals surface area (Å²) in [6, 6.07) is 6.48. The minimum atomic E-state index is -3.77. The van der Waals surface area contributed by atoms with E-state index in [1.54, 1.807) is 19.2 Å². The summed E-state index contributed by atoms with van der Waals surface area (Å²) in [5.41, 5.74) is 0.976. The Balaban J connectivity index is 1.70. The molecule has 0 aliphatic heterocycles. The van der Waals surface area contributed by atoms with Gasteiger partial charge in [-0.25, -0.2) is 0 Å². The van der Waals surface area contributed by atoms with Crippen LogP contribution < -0.4 is 0 Å². The van der Waals surface area contributed by atoms with E-state index in [4.69, 9.17) is 51.6 Å². The number of benzene rings is 1. The molecule has 0 N–H and O–H groups in total. The summed E-state index contributed by atoms with van der Waals surface area (Å²) in [5.74, 6) is 0. The summed E-state index contributed by atoms with van der Waals surface area (Å²) in [6.45, 7) is 10.7. The minimum absolute atomic E-state index is 0.0570. The zero-order valence-corrected chi connectivity index (χ0v) is 26.0. The Morgan fingerprint density at radius 2 is 0.690 bits per heavy atom. The fourth-order valence-corrected chi connectivity index (χ4v) is 3.87. The Morgan fingerprint density at radius 3 is 0.976 bits per heavy atom. The Bertz CT molecular complexity index is 809. The molecule has 0 radical (unpaired) electrons. The largest absolute Gasteiger partial charge is 0.382 e. The van der Waals surface area contributed by atoms with Crippen molar-refractivity contribution in [1.29, 1.82) is 0 Å². The summed E-state index contributed by atoms with van der Waals surface area (Å²) in [5, 5.41) is 0. The number of ether oxygens (including phenoxy) is 10. The van der Waals surface area contributed by atoms with Crippen molar-refractivity contribution in [2.24, 2.45) is 0 Å². The molecule has 0 atom stereocenters. The molecule has 0 aliphatic carbocycles. The van der Waals surface area contributed by atoms with Crippen LogP contribution in [0.15, 0.2) is 29.2 Å². The van der Waals surface area contributed by atoms with Crippen LogP contribution in [0.1, 0.15) is 5.56 Å². The van der Waals surface area contributed by atoms with Crippen LogP contribution >= 0.6 is 0 Å². The average Bonchev–Trinajstić information content (AvgIpc) is 2.98. The molecule has 0 unspecified atom stereocenters. The van der Waals surface area contributed by atoms with Gasteiger partial charge in [0.25, 0.3) is 10.1 Å². The van der Waals surface area contributed by atoms with E-state index in [2.05, 4.69) is 0 Å². The zero-order valence-electron chi connectivity index (χ0n) is 25.2. The Kier molecular flexibility index (Phi) is 26.3. The van der Waals surface area contributed by atoms with Crippen LogP contribution in [0.4, 0.5) is 0 Å². The predicted octanol–water partition coefficient (Wildman–Crippen LogP) is 1.50. The molecule has 0 heterocycles. The lowest BCUT2D eigenvalue weighted by molar-refractivity contribution is -0.0261. The van der Waals surface area contributed by atoms with E-state index in [1.165, 1.54) is 12.1 Å². The highest BCUT2D eigenvalue weighted by Crippen LogP contribution is 2.12. The highest BCUT2D eigenvalue weighted by molar-refractivity contribution is 7.86. The molecule has 14 heteroatoms. The van der Waals surface area contributed by atoms with Crippen molar-refractivity contribution in [3.8, 4) is 0 Å². The lowest BCUT2D eigenvalue weighted by Crippen LogP contribution is -2.15. The van der Waals surface area contributed by atoms with E-state index in [0.717, 1.165) is 5.56 Å². The van der Waals surface area contributed by atoms with E-state index >= 15 is 0 Å². The van der Waals surface area contributed by atoms with Gasteiger partial charge in [-0.15, -0.1) is 0 Å². The lowest BCUT2D eigenvalue weighted by Gasteiger charge is -2.09. The fourth-order valence-electron chi connectivity index (χ4n) is 2.98. The van der Waals surface area contributed by atoms with Gasteiger partial charge in [-0.05, 0) is 19.1 Å². The van der Waals surface area contributed by atoms with E-state index in [0.29, 0.717) is 119 Å². The quantitative estimate of drug-likeness (QED) is 0.0845. The van der Waals surface area contributed by atoms with E-state index in [-0.39, 0.29) is 18.1 Å². The van der Waals surface area contributed by atoms with Gasteiger partial charge in [-0.3, -0.25) is 4.18 Å². The molecular weight excluding hydrogens is 576 g/mol. The second-order valence-electron chi connectivity index (χ2n) is 8.59. The molecule has 1 aromatic carbocycles. The molecule has 0 aliphatic rings. The second kappa shape index (κ2) is 28.5. The molecule has 0 fully saturated rings. The molecule has 0 saturated carbocycles. The standard InChI is InChI=1S/C28H50O13S/c1-27-3-5-28(6-4-27)42(29,30)41-26-25-40-24-23-39-22-21-38-20-19-37-18-17-36-16-15-35-14-13-34-12-11-33-10-9-32-8-7-31-2/h3-6H,7-26H2,1-2H3. The highest BCUT2D eigenvalue weighted by Gasteiger charge is 2.14. The van der Waals surface area contributed by atoms with Gasteiger partial charge in [0.15, 0.2) is 0 Å². The van der Waals surface area contributed by atoms with Crippen LogP contribution in [-0.2, 0) is 61.7 Å². The third-order valence-electron chi connectivity index (χ3n) is 5.18. The van der Waals surface area contributed by atoms with Gasteiger partial charge in [-0.1, -0.05) is 17.7 Å². The van der Waals surface area contributed by atoms with Crippen molar-refractivity contribution >= 4 is 10.1 Å². The van der Waals surface area contributed by atoms with Crippen LogP contribution in [0.2, 0.25) is 0 Å². The summed E-state index contributed by atoms with van der Waals surface area (Å²) in [7, 11) is -2.13. The van der Waals surface area contributed by atoms with Gasteiger partial charge in [0, 0.05) is 7.11 Å². The second-order valence-corrected chi connectivity index (χ2v) is 10.2. The molecule has 1 rings (SSSR count). The number of hydrogen-bond donors (Lipinski definition) is 0. The summed E-state index contributed by atoms with van der Waals surface area (Å²) < 4.78 is 82.6. The summed E-state index contributed by atoms with van der Waals surface area (Å²) >= 11 is 0. The van der Waals surface area contributed by atoms with Crippen LogP contribution in [0.5, 0.6) is 0 Å². The van der Waals surface area contributed by atoms with Gasteiger partial charge >= 0.3 is 0 Å². The Hall–Kier alpha value is -1.27. The van der Waals surface area contributed by atoms with Crippen molar-refractivity contribution in [2.75, 3.05) is 139 Å². The van der Waals surface area contributed by atoms with E-state index in [1.807, 2.05) is 6.92 Å². The first-order chi connectivity index (χ1) is 20.6. The normalized spacial score (nSPS) is 11.9. The molecule has 13 nitrogen and oxygen atoms in total. The summed E-state index contributed by atoms with van der Waals surface area (Å²) in [6.07, 6.45) is 0. The first kappa shape index (κ1) is 38.8. The van der Waals surface area contributed by atoms with E-state index < -0.39 is 10.1 Å². The molecule has 0 amide bonds. The van der Waals surface area contributed by atoms with Crippen molar-refractivity contribution in [3.63, 3.8) is 0 Å². The molecule has 0 saturated heterocycles. The fraction of sp³-hybridized carbons (Fsp3) is 0.786. The van der Waals surface area contributed by atoms with Gasteiger partial charge in [-0.2, -0.15) is 8.42 Å².